The number of ether oxygens (including phenoxy) is 1. The van der Waals surface area contributed by atoms with E-state index in [1.165, 1.54) is 4.57 Å². The summed E-state index contributed by atoms with van der Waals surface area (Å²) in [7, 11) is 0. The van der Waals surface area contributed by atoms with Crippen LogP contribution in [0, 0.1) is 0 Å². The van der Waals surface area contributed by atoms with Crippen LogP contribution in [0.15, 0.2) is 29.1 Å². The van der Waals surface area contributed by atoms with E-state index in [2.05, 4.69) is 0 Å². The molecule has 1 N–H and O–H groups in total. The van der Waals surface area contributed by atoms with Gasteiger partial charge in [0.15, 0.2) is 5.75 Å². The first-order valence-corrected chi connectivity index (χ1v) is 6.52. The number of pyridine rings is 1. The van der Waals surface area contributed by atoms with Crippen molar-refractivity contribution in [1.82, 2.24) is 4.57 Å². The number of carbonyl (C=O) groups is 1. The molecule has 2 rings (SSSR count). The van der Waals surface area contributed by atoms with E-state index in [0.717, 1.165) is 0 Å². The molecule has 20 heavy (non-hydrogen) atoms. The molecule has 5 heteroatoms. The molecule has 0 amide bonds. The van der Waals surface area contributed by atoms with Crippen LogP contribution < -0.4 is 5.56 Å². The summed E-state index contributed by atoms with van der Waals surface area (Å²) >= 11 is 0. The highest BCUT2D eigenvalue weighted by Gasteiger charge is 2.23. The van der Waals surface area contributed by atoms with Gasteiger partial charge in [-0.1, -0.05) is 18.2 Å². The van der Waals surface area contributed by atoms with Crippen LogP contribution in [-0.2, 0) is 4.74 Å². The SMILES string of the molecule is CCOC(=O)c1c(O)c(=O)n(C(C)C)c2ccccc12. The molecular formula is C15H17NO4. The van der Waals surface area contributed by atoms with Crippen LogP contribution in [0.25, 0.3) is 10.9 Å². The molecule has 0 radical (unpaired) electrons. The number of nitrogens with zero attached hydrogens (tertiary/aromatic N) is 1. The summed E-state index contributed by atoms with van der Waals surface area (Å²) in [4.78, 5) is 24.2. The molecular weight excluding hydrogens is 258 g/mol. The number of carbonyl (C=O) groups excluding carboxylic acids is 1. The van der Waals surface area contributed by atoms with Gasteiger partial charge in [0.1, 0.15) is 5.56 Å². The number of rotatable bonds is 3. The van der Waals surface area contributed by atoms with Gasteiger partial charge in [-0.2, -0.15) is 0 Å². The van der Waals surface area contributed by atoms with Gasteiger partial charge in [0.2, 0.25) is 0 Å². The van der Waals surface area contributed by atoms with Crippen LogP contribution in [0.3, 0.4) is 0 Å². The number of para-hydroxylation sites is 1. The summed E-state index contributed by atoms with van der Waals surface area (Å²) in [5.41, 5.74) is -0.0422. The van der Waals surface area contributed by atoms with Gasteiger partial charge in [0.25, 0.3) is 5.56 Å². The van der Waals surface area contributed by atoms with E-state index in [1.807, 2.05) is 13.8 Å². The summed E-state index contributed by atoms with van der Waals surface area (Å²) in [5.74, 6) is -1.25. The van der Waals surface area contributed by atoms with Gasteiger partial charge in [-0.05, 0) is 26.8 Å². The molecule has 106 valence electrons. The summed E-state index contributed by atoms with van der Waals surface area (Å²) in [6, 6.07) is 6.85. The highest BCUT2D eigenvalue weighted by atomic mass is 16.5. The van der Waals surface area contributed by atoms with Gasteiger partial charge in [0.05, 0.1) is 12.1 Å². The van der Waals surface area contributed by atoms with E-state index >= 15 is 0 Å². The fraction of sp³-hybridized carbons (Fsp3) is 0.333. The third kappa shape index (κ3) is 2.15. The molecule has 1 heterocycles. The Morgan fingerprint density at radius 3 is 2.60 bits per heavy atom. The average molecular weight is 275 g/mol. The number of hydrogen-bond donors (Lipinski definition) is 1. The van der Waals surface area contributed by atoms with Crippen molar-refractivity contribution in [3.63, 3.8) is 0 Å². The molecule has 2 aromatic rings. The molecule has 0 fully saturated rings. The Labute approximate surface area is 116 Å². The van der Waals surface area contributed by atoms with E-state index in [4.69, 9.17) is 4.74 Å². The van der Waals surface area contributed by atoms with Gasteiger partial charge in [0, 0.05) is 11.4 Å². The Morgan fingerprint density at radius 1 is 1.35 bits per heavy atom. The van der Waals surface area contributed by atoms with Gasteiger partial charge in [-0.25, -0.2) is 4.79 Å². The Bertz CT molecular complexity index is 716. The number of hydrogen-bond acceptors (Lipinski definition) is 4. The fourth-order valence-corrected chi connectivity index (χ4v) is 2.28. The lowest BCUT2D eigenvalue weighted by Gasteiger charge is -2.17. The van der Waals surface area contributed by atoms with Crippen molar-refractivity contribution in [3.8, 4) is 5.75 Å². The van der Waals surface area contributed by atoms with Crippen LogP contribution in [0.2, 0.25) is 0 Å². The van der Waals surface area contributed by atoms with Gasteiger partial charge < -0.3 is 14.4 Å². The standard InChI is InChI=1S/C15H17NO4/c1-4-20-15(19)12-10-7-5-6-8-11(10)16(9(2)3)14(18)13(12)17/h5-9,17H,4H2,1-3H3. The number of aromatic hydroxyl groups is 1. The monoisotopic (exact) mass is 275 g/mol. The minimum atomic E-state index is -0.686. The number of benzene rings is 1. The van der Waals surface area contributed by atoms with Crippen molar-refractivity contribution in [2.45, 2.75) is 26.8 Å². The Hall–Kier alpha value is -2.30. The summed E-state index contributed by atoms with van der Waals surface area (Å²) < 4.78 is 6.39. The van der Waals surface area contributed by atoms with Crippen LogP contribution in [-0.4, -0.2) is 22.2 Å². The Morgan fingerprint density at radius 2 is 2.00 bits per heavy atom. The smallest absolute Gasteiger partial charge is 0.342 e. The lowest BCUT2D eigenvalue weighted by molar-refractivity contribution is 0.0525. The second-order valence-corrected chi connectivity index (χ2v) is 4.73. The van der Waals surface area contributed by atoms with E-state index in [1.54, 1.807) is 31.2 Å². The molecule has 0 bridgehead atoms. The maximum atomic E-state index is 12.3. The first kappa shape index (κ1) is 14.1. The lowest BCUT2D eigenvalue weighted by Crippen LogP contribution is -2.24. The number of esters is 1. The minimum absolute atomic E-state index is 0.0654. The first-order chi connectivity index (χ1) is 9.49. The summed E-state index contributed by atoms with van der Waals surface area (Å²) in [6.07, 6.45) is 0. The topological polar surface area (TPSA) is 68.5 Å². The van der Waals surface area contributed by atoms with E-state index < -0.39 is 17.3 Å². The fourth-order valence-electron chi connectivity index (χ4n) is 2.28. The van der Waals surface area contributed by atoms with Gasteiger partial charge in [-0.3, -0.25) is 4.79 Å². The third-order valence-electron chi connectivity index (χ3n) is 3.09. The van der Waals surface area contributed by atoms with Crippen LogP contribution in [0.4, 0.5) is 0 Å². The zero-order chi connectivity index (χ0) is 14.9. The zero-order valence-electron chi connectivity index (χ0n) is 11.7. The predicted molar refractivity (Wildman–Crippen MR) is 76.2 cm³/mol. The normalized spacial score (nSPS) is 11.0. The van der Waals surface area contributed by atoms with E-state index in [0.29, 0.717) is 10.9 Å². The lowest BCUT2D eigenvalue weighted by atomic mass is 10.1. The molecule has 0 spiro atoms. The molecule has 0 aliphatic carbocycles. The van der Waals surface area contributed by atoms with E-state index in [-0.39, 0.29) is 18.2 Å². The molecule has 5 nitrogen and oxygen atoms in total. The molecule has 0 saturated heterocycles. The van der Waals surface area contributed by atoms with Crippen molar-refractivity contribution in [3.05, 3.63) is 40.2 Å². The van der Waals surface area contributed by atoms with Crippen molar-refractivity contribution in [1.29, 1.82) is 0 Å². The van der Waals surface area contributed by atoms with Crippen LogP contribution >= 0.6 is 0 Å². The van der Waals surface area contributed by atoms with Gasteiger partial charge in [-0.15, -0.1) is 0 Å². The molecule has 0 unspecified atom stereocenters. The van der Waals surface area contributed by atoms with Gasteiger partial charge >= 0.3 is 5.97 Å². The molecule has 1 aromatic heterocycles. The summed E-state index contributed by atoms with van der Waals surface area (Å²) in [5, 5.41) is 10.6. The van der Waals surface area contributed by atoms with Crippen LogP contribution in [0.1, 0.15) is 37.2 Å². The Kier molecular flexibility index (Phi) is 3.79. The Balaban J connectivity index is 2.90. The molecule has 0 aliphatic heterocycles. The molecule has 0 atom stereocenters. The van der Waals surface area contributed by atoms with Crippen molar-refractivity contribution in [2.24, 2.45) is 0 Å². The van der Waals surface area contributed by atoms with Crippen LogP contribution in [0.5, 0.6) is 5.75 Å². The second-order valence-electron chi connectivity index (χ2n) is 4.73. The largest absolute Gasteiger partial charge is 0.502 e. The first-order valence-electron chi connectivity index (χ1n) is 6.52. The number of aromatic nitrogens is 1. The highest BCUT2D eigenvalue weighted by Crippen LogP contribution is 2.26. The quantitative estimate of drug-likeness (QED) is 0.874. The van der Waals surface area contributed by atoms with Crippen molar-refractivity contribution in [2.75, 3.05) is 6.61 Å². The molecule has 0 saturated carbocycles. The van der Waals surface area contributed by atoms with E-state index in [9.17, 15) is 14.7 Å². The maximum Gasteiger partial charge on any atom is 0.342 e. The molecule has 1 aromatic carbocycles. The minimum Gasteiger partial charge on any atom is -0.502 e. The highest BCUT2D eigenvalue weighted by molar-refractivity contribution is 6.05. The average Bonchev–Trinajstić information content (AvgIpc) is 2.40. The number of fused-ring (bicyclic) bond motifs is 1. The predicted octanol–water partition coefficient (Wildman–Crippen LogP) is 2.46. The summed E-state index contributed by atoms with van der Waals surface area (Å²) in [6.45, 7) is 5.54. The zero-order valence-corrected chi connectivity index (χ0v) is 11.7. The van der Waals surface area contributed by atoms with Crippen molar-refractivity contribution < 1.29 is 14.6 Å². The third-order valence-corrected chi connectivity index (χ3v) is 3.09. The molecule has 0 aliphatic rings. The van der Waals surface area contributed by atoms with Crippen molar-refractivity contribution >= 4 is 16.9 Å². The maximum absolute atomic E-state index is 12.3. The second kappa shape index (κ2) is 5.36.